The van der Waals surface area contributed by atoms with E-state index in [1.807, 2.05) is 48.7 Å². The minimum Gasteiger partial charge on any atom is -0.497 e. The molecule has 0 saturated heterocycles. The largest absolute Gasteiger partial charge is 0.497 e. The minimum atomic E-state index is -0.246. The fourth-order valence-electron chi connectivity index (χ4n) is 3.34. The van der Waals surface area contributed by atoms with Crippen molar-refractivity contribution in [2.45, 2.75) is 5.92 Å². The summed E-state index contributed by atoms with van der Waals surface area (Å²) in [5.74, 6) is 0.804. The summed E-state index contributed by atoms with van der Waals surface area (Å²) in [5.41, 5.74) is 3.28. The monoisotopic (exact) mass is 438 g/mol. The maximum atomic E-state index is 12.5. The molecule has 1 atom stereocenters. The highest BCUT2D eigenvalue weighted by Gasteiger charge is 2.20. The molecular weight excluding hydrogens is 420 g/mol. The summed E-state index contributed by atoms with van der Waals surface area (Å²) in [6.45, 7) is 0.436. The standard InChI is InChI=1S/C22H19BrN2O3/c1-27-15-8-6-14(7-9-15)17(12-25-22(26)20-10-11-21(23)28-20)18-13-24-19-5-3-2-4-16(18)19/h2-11,13,17,24H,12H2,1H3,(H,25,26). The molecule has 28 heavy (non-hydrogen) atoms. The average molecular weight is 439 g/mol. The first-order valence-electron chi connectivity index (χ1n) is 8.89. The van der Waals surface area contributed by atoms with Gasteiger partial charge >= 0.3 is 0 Å². The Morgan fingerprint density at radius 2 is 1.93 bits per heavy atom. The third-order valence-electron chi connectivity index (χ3n) is 4.78. The van der Waals surface area contributed by atoms with Crippen molar-refractivity contribution in [2.24, 2.45) is 0 Å². The Balaban J connectivity index is 1.65. The van der Waals surface area contributed by atoms with Gasteiger partial charge in [-0.05, 0) is 57.4 Å². The van der Waals surface area contributed by atoms with Gasteiger partial charge in [0.05, 0.1) is 7.11 Å². The predicted octanol–water partition coefficient (Wildman–Crippen LogP) is 5.09. The molecule has 5 nitrogen and oxygen atoms in total. The van der Waals surface area contributed by atoms with Crippen LogP contribution in [0.1, 0.15) is 27.6 Å². The lowest BCUT2D eigenvalue weighted by atomic mass is 9.90. The molecule has 2 N–H and O–H groups in total. The van der Waals surface area contributed by atoms with Crippen molar-refractivity contribution in [1.29, 1.82) is 0 Å². The molecule has 0 radical (unpaired) electrons. The fourth-order valence-corrected chi connectivity index (χ4v) is 3.65. The van der Waals surface area contributed by atoms with E-state index in [1.165, 1.54) is 0 Å². The molecule has 6 heteroatoms. The van der Waals surface area contributed by atoms with Gasteiger partial charge in [0.2, 0.25) is 0 Å². The van der Waals surface area contributed by atoms with Crippen molar-refractivity contribution >= 4 is 32.7 Å². The molecule has 0 spiro atoms. The summed E-state index contributed by atoms with van der Waals surface area (Å²) in [6.07, 6.45) is 2.01. The van der Waals surface area contributed by atoms with E-state index in [2.05, 4.69) is 32.3 Å². The van der Waals surface area contributed by atoms with Gasteiger partial charge in [-0.3, -0.25) is 4.79 Å². The molecular formula is C22H19BrN2O3. The van der Waals surface area contributed by atoms with Crippen LogP contribution in [0.15, 0.2) is 75.9 Å². The Morgan fingerprint density at radius 3 is 2.64 bits per heavy atom. The number of furan rings is 1. The topological polar surface area (TPSA) is 67.3 Å². The Labute approximate surface area is 170 Å². The third-order valence-corrected chi connectivity index (χ3v) is 5.20. The Kier molecular flexibility index (Phi) is 5.21. The van der Waals surface area contributed by atoms with Gasteiger partial charge < -0.3 is 19.5 Å². The number of hydrogen-bond acceptors (Lipinski definition) is 3. The number of carbonyl (C=O) groups is 1. The summed E-state index contributed by atoms with van der Waals surface area (Å²) in [7, 11) is 1.65. The summed E-state index contributed by atoms with van der Waals surface area (Å²) in [4.78, 5) is 15.8. The van der Waals surface area contributed by atoms with Gasteiger partial charge in [0.25, 0.3) is 5.91 Å². The lowest BCUT2D eigenvalue weighted by Crippen LogP contribution is -2.28. The average Bonchev–Trinajstić information content (AvgIpc) is 3.35. The van der Waals surface area contributed by atoms with Gasteiger partial charge in [-0.2, -0.15) is 0 Å². The molecule has 1 unspecified atom stereocenters. The quantitative estimate of drug-likeness (QED) is 0.440. The van der Waals surface area contributed by atoms with Crippen LogP contribution in [0.5, 0.6) is 5.75 Å². The van der Waals surface area contributed by atoms with Crippen LogP contribution in [0.4, 0.5) is 0 Å². The number of nitrogens with one attached hydrogen (secondary N) is 2. The number of amides is 1. The van der Waals surface area contributed by atoms with E-state index in [-0.39, 0.29) is 17.6 Å². The lowest BCUT2D eigenvalue weighted by Gasteiger charge is -2.18. The van der Waals surface area contributed by atoms with Crippen molar-refractivity contribution in [3.05, 3.63) is 88.4 Å². The second-order valence-corrected chi connectivity index (χ2v) is 7.21. The van der Waals surface area contributed by atoms with Gasteiger partial charge in [-0.15, -0.1) is 0 Å². The second-order valence-electron chi connectivity index (χ2n) is 6.43. The van der Waals surface area contributed by atoms with Crippen LogP contribution >= 0.6 is 15.9 Å². The Hall–Kier alpha value is -2.99. The smallest absolute Gasteiger partial charge is 0.287 e. The minimum absolute atomic E-state index is 0.0237. The predicted molar refractivity (Wildman–Crippen MR) is 112 cm³/mol. The van der Waals surface area contributed by atoms with E-state index in [9.17, 15) is 4.79 Å². The summed E-state index contributed by atoms with van der Waals surface area (Å²) < 4.78 is 11.2. The summed E-state index contributed by atoms with van der Waals surface area (Å²) in [6, 6.07) is 19.4. The highest BCUT2D eigenvalue weighted by atomic mass is 79.9. The number of halogens is 1. The Morgan fingerprint density at radius 1 is 1.14 bits per heavy atom. The summed E-state index contributed by atoms with van der Waals surface area (Å²) >= 11 is 3.23. The number of aromatic amines is 1. The van der Waals surface area contributed by atoms with Crippen molar-refractivity contribution in [1.82, 2.24) is 10.3 Å². The number of fused-ring (bicyclic) bond motifs is 1. The first-order chi connectivity index (χ1) is 13.7. The normalized spacial score (nSPS) is 12.1. The number of carbonyl (C=O) groups excluding carboxylic acids is 1. The zero-order chi connectivity index (χ0) is 19.5. The first kappa shape index (κ1) is 18.4. The molecule has 1 amide bonds. The van der Waals surface area contributed by atoms with Gasteiger partial charge in [-0.1, -0.05) is 30.3 Å². The number of hydrogen-bond donors (Lipinski definition) is 2. The molecule has 4 rings (SSSR count). The zero-order valence-electron chi connectivity index (χ0n) is 15.2. The zero-order valence-corrected chi connectivity index (χ0v) is 16.8. The van der Waals surface area contributed by atoms with Crippen LogP contribution in [0.3, 0.4) is 0 Å². The van der Waals surface area contributed by atoms with Crippen LogP contribution in [0, 0.1) is 0 Å². The van der Waals surface area contributed by atoms with Crippen LogP contribution in [-0.2, 0) is 0 Å². The van der Waals surface area contributed by atoms with Crippen LogP contribution in [-0.4, -0.2) is 24.5 Å². The molecule has 0 aliphatic heterocycles. The molecule has 0 saturated carbocycles. The Bertz CT molecular complexity index is 1100. The number of H-pyrrole nitrogens is 1. The summed E-state index contributed by atoms with van der Waals surface area (Å²) in [5, 5.41) is 4.13. The molecule has 0 bridgehead atoms. The van der Waals surface area contributed by atoms with E-state index in [1.54, 1.807) is 19.2 Å². The number of aromatic nitrogens is 1. The first-order valence-corrected chi connectivity index (χ1v) is 9.68. The van der Waals surface area contributed by atoms with Crippen LogP contribution < -0.4 is 10.1 Å². The third kappa shape index (κ3) is 3.68. The molecule has 0 aliphatic carbocycles. The molecule has 2 heterocycles. The molecule has 2 aromatic heterocycles. The van der Waals surface area contributed by atoms with Gasteiger partial charge in [-0.25, -0.2) is 0 Å². The van der Waals surface area contributed by atoms with E-state index in [0.29, 0.717) is 11.2 Å². The molecule has 2 aromatic carbocycles. The number of para-hydroxylation sites is 1. The van der Waals surface area contributed by atoms with E-state index in [4.69, 9.17) is 9.15 Å². The fraction of sp³-hybridized carbons (Fsp3) is 0.136. The molecule has 0 fully saturated rings. The number of ether oxygens (including phenoxy) is 1. The maximum absolute atomic E-state index is 12.5. The van der Waals surface area contributed by atoms with Crippen LogP contribution in [0.25, 0.3) is 10.9 Å². The molecule has 4 aromatic rings. The SMILES string of the molecule is COc1ccc(C(CNC(=O)c2ccc(Br)o2)c2c[nH]c3ccccc23)cc1. The maximum Gasteiger partial charge on any atom is 0.287 e. The highest BCUT2D eigenvalue weighted by molar-refractivity contribution is 9.10. The molecule has 0 aliphatic rings. The van der Waals surface area contributed by atoms with Gasteiger partial charge in [0.15, 0.2) is 10.4 Å². The number of methoxy groups -OCH3 is 1. The van der Waals surface area contributed by atoms with Crippen molar-refractivity contribution in [3.63, 3.8) is 0 Å². The van der Waals surface area contributed by atoms with Crippen molar-refractivity contribution < 1.29 is 13.9 Å². The highest BCUT2D eigenvalue weighted by Crippen LogP contribution is 2.31. The van der Waals surface area contributed by atoms with Crippen LogP contribution in [0.2, 0.25) is 0 Å². The van der Waals surface area contributed by atoms with E-state index in [0.717, 1.165) is 27.8 Å². The van der Waals surface area contributed by atoms with Crippen molar-refractivity contribution in [2.75, 3.05) is 13.7 Å². The van der Waals surface area contributed by atoms with E-state index >= 15 is 0 Å². The van der Waals surface area contributed by atoms with Crippen molar-refractivity contribution in [3.8, 4) is 5.75 Å². The van der Waals surface area contributed by atoms with Gasteiger partial charge in [0.1, 0.15) is 5.75 Å². The lowest BCUT2D eigenvalue weighted by molar-refractivity contribution is 0.0923. The second kappa shape index (κ2) is 7.94. The van der Waals surface area contributed by atoms with E-state index < -0.39 is 0 Å². The van der Waals surface area contributed by atoms with Gasteiger partial charge in [0, 0.05) is 29.6 Å². The number of rotatable bonds is 6. The number of benzene rings is 2. The molecule has 142 valence electrons.